The molecule has 1 saturated heterocycles. The quantitative estimate of drug-likeness (QED) is 0.735. The van der Waals surface area contributed by atoms with Crippen molar-refractivity contribution in [1.82, 2.24) is 0 Å². The van der Waals surface area contributed by atoms with Crippen LogP contribution < -0.4 is 0 Å². The zero-order chi connectivity index (χ0) is 19.1. The summed E-state index contributed by atoms with van der Waals surface area (Å²) in [7, 11) is 1.50. The molecular weight excluding hydrogens is 348 g/mol. The molecule has 2 aromatic rings. The van der Waals surface area contributed by atoms with Crippen molar-refractivity contribution in [2.24, 2.45) is 0 Å². The Hall–Kier alpha value is -1.80. The Morgan fingerprint density at radius 2 is 1.37 bits per heavy atom. The number of hydrogen-bond donors (Lipinski definition) is 2. The molecule has 0 bridgehead atoms. The molecule has 0 spiro atoms. The average Bonchev–Trinajstić information content (AvgIpc) is 2.73. The number of ether oxygens (including phenoxy) is 4. The first kappa shape index (κ1) is 19.9. The highest BCUT2D eigenvalue weighted by Crippen LogP contribution is 2.28. The van der Waals surface area contributed by atoms with Crippen LogP contribution >= 0.6 is 0 Å². The fraction of sp³-hybridized carbons (Fsp3) is 0.429. The predicted octanol–water partition coefficient (Wildman–Crippen LogP) is 1.88. The maximum absolute atomic E-state index is 10.6. The fourth-order valence-corrected chi connectivity index (χ4v) is 3.13. The van der Waals surface area contributed by atoms with E-state index in [0.29, 0.717) is 13.2 Å². The van der Waals surface area contributed by atoms with Gasteiger partial charge in [0.25, 0.3) is 0 Å². The minimum atomic E-state index is -1.04. The van der Waals surface area contributed by atoms with Crippen LogP contribution in [0.4, 0.5) is 0 Å². The van der Waals surface area contributed by atoms with Crippen LogP contribution in [0.15, 0.2) is 60.7 Å². The van der Waals surface area contributed by atoms with Crippen molar-refractivity contribution in [2.45, 2.75) is 43.9 Å². The first-order chi connectivity index (χ1) is 13.2. The lowest BCUT2D eigenvalue weighted by Crippen LogP contribution is -2.60. The molecule has 0 amide bonds. The third-order valence-electron chi connectivity index (χ3n) is 4.60. The van der Waals surface area contributed by atoms with Crippen LogP contribution in [0.25, 0.3) is 0 Å². The van der Waals surface area contributed by atoms with Crippen molar-refractivity contribution in [3.05, 3.63) is 71.8 Å². The molecule has 1 aliphatic rings. The molecule has 6 nitrogen and oxygen atoms in total. The molecule has 5 atom stereocenters. The van der Waals surface area contributed by atoms with Crippen LogP contribution in [0.3, 0.4) is 0 Å². The van der Waals surface area contributed by atoms with Gasteiger partial charge in [0.1, 0.15) is 24.4 Å². The average molecular weight is 374 g/mol. The maximum Gasteiger partial charge on any atom is 0.186 e. The predicted molar refractivity (Wildman–Crippen MR) is 98.8 cm³/mol. The van der Waals surface area contributed by atoms with Gasteiger partial charge in [0.15, 0.2) is 6.29 Å². The third kappa shape index (κ3) is 5.13. The largest absolute Gasteiger partial charge is 0.394 e. The van der Waals surface area contributed by atoms with Crippen molar-refractivity contribution in [3.63, 3.8) is 0 Å². The molecule has 1 fully saturated rings. The molecular formula is C21H26O6. The topological polar surface area (TPSA) is 77.4 Å². The Labute approximate surface area is 159 Å². The van der Waals surface area contributed by atoms with Crippen LogP contribution in [-0.2, 0) is 32.2 Å². The Kier molecular flexibility index (Phi) is 7.34. The number of methoxy groups -OCH3 is 1. The maximum atomic E-state index is 10.6. The molecule has 0 unspecified atom stereocenters. The Balaban J connectivity index is 1.73. The summed E-state index contributed by atoms with van der Waals surface area (Å²) < 4.78 is 23.1. The Morgan fingerprint density at radius 1 is 0.852 bits per heavy atom. The van der Waals surface area contributed by atoms with E-state index in [1.807, 2.05) is 60.7 Å². The van der Waals surface area contributed by atoms with Gasteiger partial charge in [-0.25, -0.2) is 0 Å². The fourth-order valence-electron chi connectivity index (χ4n) is 3.13. The van der Waals surface area contributed by atoms with E-state index in [4.69, 9.17) is 18.9 Å². The van der Waals surface area contributed by atoms with Crippen molar-refractivity contribution in [3.8, 4) is 0 Å². The second kappa shape index (κ2) is 9.94. The minimum absolute atomic E-state index is 0.308. The van der Waals surface area contributed by atoms with Gasteiger partial charge in [0.05, 0.1) is 19.8 Å². The molecule has 1 heterocycles. The van der Waals surface area contributed by atoms with Crippen LogP contribution in [0.1, 0.15) is 11.1 Å². The molecule has 3 rings (SSSR count). The molecule has 27 heavy (non-hydrogen) atoms. The van der Waals surface area contributed by atoms with Gasteiger partial charge in [0.2, 0.25) is 0 Å². The molecule has 146 valence electrons. The number of rotatable bonds is 8. The lowest BCUT2D eigenvalue weighted by atomic mass is 9.98. The van der Waals surface area contributed by atoms with Gasteiger partial charge in [-0.1, -0.05) is 60.7 Å². The van der Waals surface area contributed by atoms with Crippen molar-refractivity contribution in [2.75, 3.05) is 13.7 Å². The van der Waals surface area contributed by atoms with Gasteiger partial charge in [0, 0.05) is 7.11 Å². The van der Waals surface area contributed by atoms with Crippen LogP contribution in [0.5, 0.6) is 0 Å². The van der Waals surface area contributed by atoms with Crippen LogP contribution in [-0.4, -0.2) is 54.6 Å². The summed E-state index contributed by atoms with van der Waals surface area (Å²) in [5.74, 6) is 0. The van der Waals surface area contributed by atoms with Crippen molar-refractivity contribution in [1.29, 1.82) is 0 Å². The highest BCUT2D eigenvalue weighted by Gasteiger charge is 2.46. The summed E-state index contributed by atoms with van der Waals surface area (Å²) in [6.07, 6.45) is -3.94. The molecule has 0 aliphatic carbocycles. The lowest BCUT2D eigenvalue weighted by Gasteiger charge is -2.43. The first-order valence-corrected chi connectivity index (χ1v) is 9.01. The Morgan fingerprint density at radius 3 is 1.85 bits per heavy atom. The second-order valence-electron chi connectivity index (χ2n) is 6.47. The van der Waals surface area contributed by atoms with E-state index in [-0.39, 0.29) is 6.61 Å². The normalized spacial score (nSPS) is 28.2. The summed E-state index contributed by atoms with van der Waals surface area (Å²) in [5, 5.41) is 20.2. The number of benzene rings is 2. The number of hydrogen-bond acceptors (Lipinski definition) is 6. The van der Waals surface area contributed by atoms with Gasteiger partial charge in [-0.3, -0.25) is 0 Å². The summed E-state index contributed by atoms with van der Waals surface area (Å²) in [6, 6.07) is 19.4. The second-order valence-corrected chi connectivity index (χ2v) is 6.47. The van der Waals surface area contributed by atoms with Crippen molar-refractivity contribution >= 4 is 0 Å². The number of aliphatic hydroxyl groups is 2. The van der Waals surface area contributed by atoms with E-state index in [1.165, 1.54) is 7.11 Å². The first-order valence-electron chi connectivity index (χ1n) is 9.01. The highest BCUT2D eigenvalue weighted by molar-refractivity contribution is 5.14. The van der Waals surface area contributed by atoms with Gasteiger partial charge >= 0.3 is 0 Å². The lowest BCUT2D eigenvalue weighted by molar-refractivity contribution is -0.314. The van der Waals surface area contributed by atoms with E-state index in [2.05, 4.69) is 0 Å². The summed E-state index contributed by atoms with van der Waals surface area (Å²) >= 11 is 0. The van der Waals surface area contributed by atoms with Crippen molar-refractivity contribution < 1.29 is 29.2 Å². The Bertz CT molecular complexity index is 665. The summed E-state index contributed by atoms with van der Waals surface area (Å²) in [5.41, 5.74) is 1.97. The minimum Gasteiger partial charge on any atom is -0.394 e. The van der Waals surface area contributed by atoms with Crippen LogP contribution in [0.2, 0.25) is 0 Å². The van der Waals surface area contributed by atoms with Crippen LogP contribution in [0, 0.1) is 0 Å². The molecule has 2 N–H and O–H groups in total. The van der Waals surface area contributed by atoms with E-state index in [1.54, 1.807) is 0 Å². The smallest absolute Gasteiger partial charge is 0.186 e. The van der Waals surface area contributed by atoms with E-state index in [9.17, 15) is 10.2 Å². The molecule has 0 saturated carbocycles. The molecule has 1 aliphatic heterocycles. The van der Waals surface area contributed by atoms with E-state index >= 15 is 0 Å². The molecule has 0 aromatic heterocycles. The van der Waals surface area contributed by atoms with E-state index in [0.717, 1.165) is 11.1 Å². The van der Waals surface area contributed by atoms with Gasteiger partial charge in [-0.15, -0.1) is 0 Å². The zero-order valence-corrected chi connectivity index (χ0v) is 15.3. The standard InChI is InChI=1S/C21H26O6/c1-24-21-20(26-14-16-10-6-3-7-11-16)19(18(23)17(12-22)27-21)25-13-15-8-4-2-5-9-15/h2-11,17-23H,12-14H2,1H3/t17-,18+,19+,20-,21-/m0/s1. The third-order valence-corrected chi connectivity index (χ3v) is 4.60. The SMILES string of the molecule is CO[C@H]1O[C@@H](CO)[C@@H](O)[C@@H](OCc2ccccc2)[C@@H]1OCc1ccccc1. The van der Waals surface area contributed by atoms with E-state index < -0.39 is 30.7 Å². The number of aliphatic hydroxyl groups excluding tert-OH is 2. The summed E-state index contributed by atoms with van der Waals surface area (Å²) in [4.78, 5) is 0. The molecule has 6 heteroatoms. The van der Waals surface area contributed by atoms with Gasteiger partial charge < -0.3 is 29.2 Å². The summed E-state index contributed by atoms with van der Waals surface area (Å²) in [6.45, 7) is 0.302. The molecule has 2 aromatic carbocycles. The highest BCUT2D eigenvalue weighted by atomic mass is 16.7. The zero-order valence-electron chi connectivity index (χ0n) is 15.3. The van der Waals surface area contributed by atoms with Gasteiger partial charge in [-0.2, -0.15) is 0 Å². The monoisotopic (exact) mass is 374 g/mol. The van der Waals surface area contributed by atoms with Gasteiger partial charge in [-0.05, 0) is 11.1 Å². The molecule has 0 radical (unpaired) electrons.